The molecule has 7 nitrogen and oxygen atoms in total. The second-order valence-electron chi connectivity index (χ2n) is 10.5. The van der Waals surface area contributed by atoms with Gasteiger partial charge in [0.1, 0.15) is 30.2 Å². The maximum absolute atomic E-state index is 6.47. The van der Waals surface area contributed by atoms with Gasteiger partial charge in [0.15, 0.2) is 17.9 Å². The van der Waals surface area contributed by atoms with Crippen LogP contribution in [0.4, 0.5) is 0 Å². The molecule has 3 fully saturated rings. The van der Waals surface area contributed by atoms with Crippen LogP contribution < -0.4 is 4.74 Å². The summed E-state index contributed by atoms with van der Waals surface area (Å²) < 4.78 is 42.9. The highest BCUT2D eigenvalue weighted by Crippen LogP contribution is 2.42. The zero-order valence-electron chi connectivity index (χ0n) is 21.6. The Morgan fingerprint density at radius 1 is 0.941 bits per heavy atom. The van der Waals surface area contributed by atoms with Crippen LogP contribution in [0, 0.1) is 0 Å². The molecule has 3 aliphatic heterocycles. The van der Waals surface area contributed by atoms with Crippen LogP contribution in [0.25, 0.3) is 0 Å². The Kier molecular flexibility index (Phi) is 8.22. The van der Waals surface area contributed by atoms with Gasteiger partial charge in [-0.2, -0.15) is 0 Å². The summed E-state index contributed by atoms with van der Waals surface area (Å²) in [7, 11) is 0. The largest absolute Gasteiger partial charge is 0.493 e. The highest BCUT2D eigenvalue weighted by atomic mass is 16.8. The van der Waals surface area contributed by atoms with Crippen molar-refractivity contribution in [3.8, 4) is 5.75 Å². The van der Waals surface area contributed by atoms with E-state index in [1.807, 2.05) is 27.7 Å². The highest BCUT2D eigenvalue weighted by Gasteiger charge is 2.58. The van der Waals surface area contributed by atoms with E-state index in [2.05, 4.69) is 32.0 Å². The van der Waals surface area contributed by atoms with E-state index in [1.165, 1.54) is 5.56 Å². The molecule has 1 aromatic carbocycles. The Morgan fingerprint density at radius 3 is 2.44 bits per heavy atom. The molecule has 5 atom stereocenters. The maximum Gasteiger partial charge on any atom is 0.190 e. The molecular weight excluding hydrogens is 436 g/mol. The van der Waals surface area contributed by atoms with Crippen molar-refractivity contribution in [1.82, 2.24) is 0 Å². The normalized spacial score (nSPS) is 31.6. The standard InChI is InChI=1S/C27H42O7/c1-7-9-11-19-13-12-18(15-20(19)28-14-10-8-2)16-29-23-22(21-17-30-26(3,4)32-21)31-25-24(23)33-27(5,6)34-25/h12-13,15,21-25H,7-11,14,16-17H2,1-6H3/t21-,22-,23+,24-,25-/m1/s1. The number of fused-ring (bicyclic) bond motifs is 1. The summed E-state index contributed by atoms with van der Waals surface area (Å²) in [5, 5.41) is 0. The Morgan fingerprint density at radius 2 is 1.74 bits per heavy atom. The Bertz CT molecular complexity index is 808. The first kappa shape index (κ1) is 25.9. The van der Waals surface area contributed by atoms with E-state index in [1.54, 1.807) is 0 Å². The quantitative estimate of drug-likeness (QED) is 0.409. The van der Waals surface area contributed by atoms with E-state index in [4.69, 9.17) is 33.2 Å². The number of aryl methyl sites for hydroxylation is 1. The molecule has 4 rings (SSSR count). The minimum absolute atomic E-state index is 0.245. The molecule has 3 saturated heterocycles. The average molecular weight is 479 g/mol. The molecule has 192 valence electrons. The van der Waals surface area contributed by atoms with Crippen molar-refractivity contribution in [2.75, 3.05) is 13.2 Å². The van der Waals surface area contributed by atoms with Crippen LogP contribution in [0.15, 0.2) is 18.2 Å². The lowest BCUT2D eigenvalue weighted by Gasteiger charge is -2.29. The first-order valence-electron chi connectivity index (χ1n) is 12.9. The average Bonchev–Trinajstić information content (AvgIpc) is 3.40. The molecule has 0 unspecified atom stereocenters. The minimum Gasteiger partial charge on any atom is -0.493 e. The molecule has 3 aliphatic rings. The van der Waals surface area contributed by atoms with Crippen LogP contribution in [-0.2, 0) is 41.4 Å². The Balaban J connectivity index is 1.47. The van der Waals surface area contributed by atoms with Gasteiger partial charge in [0.25, 0.3) is 0 Å². The van der Waals surface area contributed by atoms with Gasteiger partial charge < -0.3 is 33.2 Å². The van der Waals surface area contributed by atoms with Crippen LogP contribution in [0.3, 0.4) is 0 Å². The van der Waals surface area contributed by atoms with Gasteiger partial charge in [0, 0.05) is 0 Å². The third-order valence-corrected chi connectivity index (χ3v) is 6.55. The van der Waals surface area contributed by atoms with E-state index in [-0.39, 0.29) is 24.4 Å². The lowest BCUT2D eigenvalue weighted by Crippen LogP contribution is -2.44. The number of benzene rings is 1. The summed E-state index contributed by atoms with van der Waals surface area (Å²) in [5.41, 5.74) is 2.33. The van der Waals surface area contributed by atoms with Crippen LogP contribution in [0.1, 0.15) is 78.4 Å². The SMILES string of the molecule is CCCCOc1cc(CO[C@@H]2[C@H]3OC(C)(C)O[C@H]3O[C@@H]2[C@H]2COC(C)(C)O2)ccc1CCCC. The van der Waals surface area contributed by atoms with Gasteiger partial charge in [-0.15, -0.1) is 0 Å². The fraction of sp³-hybridized carbons (Fsp3) is 0.778. The van der Waals surface area contributed by atoms with E-state index >= 15 is 0 Å². The van der Waals surface area contributed by atoms with Crippen molar-refractivity contribution in [2.24, 2.45) is 0 Å². The Labute approximate surface area is 204 Å². The van der Waals surface area contributed by atoms with Crippen molar-refractivity contribution < 1.29 is 33.2 Å². The van der Waals surface area contributed by atoms with Gasteiger partial charge >= 0.3 is 0 Å². The molecule has 3 heterocycles. The lowest BCUT2D eigenvalue weighted by atomic mass is 10.0. The topological polar surface area (TPSA) is 64.6 Å². The highest BCUT2D eigenvalue weighted by molar-refractivity contribution is 5.37. The van der Waals surface area contributed by atoms with Crippen LogP contribution in [0.2, 0.25) is 0 Å². The summed E-state index contributed by atoms with van der Waals surface area (Å²) in [6, 6.07) is 6.43. The predicted octanol–water partition coefficient (Wildman–Crippen LogP) is 5.12. The smallest absolute Gasteiger partial charge is 0.190 e. The van der Waals surface area contributed by atoms with Crippen molar-refractivity contribution in [1.29, 1.82) is 0 Å². The lowest BCUT2D eigenvalue weighted by molar-refractivity contribution is -0.236. The number of hydrogen-bond acceptors (Lipinski definition) is 7. The van der Waals surface area contributed by atoms with Gasteiger partial charge in [0.2, 0.25) is 0 Å². The zero-order valence-corrected chi connectivity index (χ0v) is 21.6. The molecule has 34 heavy (non-hydrogen) atoms. The molecule has 0 saturated carbocycles. The summed E-state index contributed by atoms with van der Waals surface area (Å²) in [6.45, 7) is 13.6. The van der Waals surface area contributed by atoms with Crippen LogP contribution in [-0.4, -0.2) is 55.5 Å². The Hall–Kier alpha value is -1.22. The summed E-state index contributed by atoms with van der Waals surface area (Å²) >= 11 is 0. The number of rotatable bonds is 11. The second-order valence-corrected chi connectivity index (χ2v) is 10.5. The van der Waals surface area contributed by atoms with Gasteiger partial charge in [0.05, 0.1) is 19.8 Å². The summed E-state index contributed by atoms with van der Waals surface area (Å²) in [6.07, 6.45) is 3.77. The van der Waals surface area contributed by atoms with E-state index < -0.39 is 17.9 Å². The zero-order chi connectivity index (χ0) is 24.3. The molecule has 0 aliphatic carbocycles. The van der Waals surface area contributed by atoms with Gasteiger partial charge in [-0.05, 0) is 64.2 Å². The summed E-state index contributed by atoms with van der Waals surface area (Å²) in [5.74, 6) is -0.387. The third-order valence-electron chi connectivity index (χ3n) is 6.55. The van der Waals surface area contributed by atoms with Crippen molar-refractivity contribution in [2.45, 2.75) is 123 Å². The van der Waals surface area contributed by atoms with Crippen LogP contribution in [0.5, 0.6) is 5.75 Å². The first-order valence-corrected chi connectivity index (χ1v) is 12.9. The van der Waals surface area contributed by atoms with Crippen molar-refractivity contribution in [3.05, 3.63) is 29.3 Å². The third kappa shape index (κ3) is 6.12. The monoisotopic (exact) mass is 478 g/mol. The fourth-order valence-electron chi connectivity index (χ4n) is 4.79. The molecule has 0 amide bonds. The van der Waals surface area contributed by atoms with Gasteiger partial charge in [-0.1, -0.05) is 38.8 Å². The predicted molar refractivity (Wildman–Crippen MR) is 128 cm³/mol. The van der Waals surface area contributed by atoms with E-state index in [0.717, 1.165) is 50.0 Å². The molecule has 0 spiro atoms. The number of ether oxygens (including phenoxy) is 7. The van der Waals surface area contributed by atoms with Gasteiger partial charge in [-0.25, -0.2) is 0 Å². The molecule has 0 aromatic heterocycles. The van der Waals surface area contributed by atoms with Gasteiger partial charge in [-0.3, -0.25) is 0 Å². The molecule has 0 N–H and O–H groups in total. The molecule has 7 heteroatoms. The number of hydrogen-bond donors (Lipinski definition) is 0. The molecule has 0 radical (unpaired) electrons. The molecular formula is C27H42O7. The van der Waals surface area contributed by atoms with E-state index in [9.17, 15) is 0 Å². The summed E-state index contributed by atoms with van der Waals surface area (Å²) in [4.78, 5) is 0. The minimum atomic E-state index is -0.713. The van der Waals surface area contributed by atoms with Crippen LogP contribution >= 0.6 is 0 Å². The van der Waals surface area contributed by atoms with Crippen molar-refractivity contribution in [3.63, 3.8) is 0 Å². The molecule has 0 bridgehead atoms. The van der Waals surface area contributed by atoms with E-state index in [0.29, 0.717) is 13.2 Å². The number of unbranched alkanes of at least 4 members (excludes halogenated alkanes) is 2. The first-order chi connectivity index (χ1) is 16.2. The molecule has 1 aromatic rings. The second kappa shape index (κ2) is 10.8. The van der Waals surface area contributed by atoms with Crippen molar-refractivity contribution >= 4 is 0 Å². The fourth-order valence-corrected chi connectivity index (χ4v) is 4.79. The maximum atomic E-state index is 6.47.